The second-order valence-corrected chi connectivity index (χ2v) is 10.3. The molecule has 5 N–H and O–H groups in total. The first-order valence-corrected chi connectivity index (χ1v) is 13.3. The lowest BCUT2D eigenvalue weighted by Crippen LogP contribution is -2.28. The van der Waals surface area contributed by atoms with Gasteiger partial charge < -0.3 is 10.2 Å². The highest BCUT2D eigenvalue weighted by molar-refractivity contribution is 7.98. The van der Waals surface area contributed by atoms with Crippen LogP contribution >= 0.6 is 12.0 Å². The third kappa shape index (κ3) is 6.05. The van der Waals surface area contributed by atoms with Gasteiger partial charge in [0, 0.05) is 4.91 Å². The Bertz CT molecular complexity index is 1810. The predicted molar refractivity (Wildman–Crippen MR) is 142 cm³/mol. The van der Waals surface area contributed by atoms with Gasteiger partial charge in [-0.15, -0.1) is 4.33 Å². The van der Waals surface area contributed by atoms with E-state index >= 15 is 0 Å². The number of hydrogen-bond acceptors (Lipinski definition) is 12. The van der Waals surface area contributed by atoms with Crippen LogP contribution in [0.3, 0.4) is 0 Å². The minimum Gasteiger partial charge on any atom is -0.477 e. The van der Waals surface area contributed by atoms with E-state index in [4.69, 9.17) is 9.81 Å². The van der Waals surface area contributed by atoms with E-state index in [0.29, 0.717) is 17.1 Å². The molecule has 19 heteroatoms. The van der Waals surface area contributed by atoms with Gasteiger partial charge in [-0.1, -0.05) is 17.2 Å². The summed E-state index contributed by atoms with van der Waals surface area (Å²) in [7, 11) is -4.53. The van der Waals surface area contributed by atoms with E-state index < -0.39 is 72.8 Å². The number of aromatic amines is 1. The van der Waals surface area contributed by atoms with Gasteiger partial charge in [-0.05, 0) is 48.6 Å². The Kier molecular flexibility index (Phi) is 8.51. The zero-order valence-electron chi connectivity index (χ0n) is 20.5. The number of hydrogen-bond donors (Lipinski definition) is 5. The largest absolute Gasteiger partial charge is 0.477 e. The average Bonchev–Trinajstić information content (AvgIpc) is 3.44. The third-order valence-electron chi connectivity index (χ3n) is 5.61. The number of benzene rings is 1. The molecular formula is C23H16N4O13S2. The number of allylic oxidation sites excluding steroid dienone is 5. The van der Waals surface area contributed by atoms with Crippen LogP contribution in [0.1, 0.15) is 22.1 Å². The highest BCUT2D eigenvalue weighted by atomic mass is 32.2. The molecule has 1 aliphatic heterocycles. The van der Waals surface area contributed by atoms with Crippen molar-refractivity contribution in [1.82, 2.24) is 9.78 Å². The number of carboxylic acids is 2. The van der Waals surface area contributed by atoms with Crippen LogP contribution in [0.4, 0.5) is 5.69 Å². The number of hydrazone groups is 1. The molecule has 17 nitrogen and oxygen atoms in total. The van der Waals surface area contributed by atoms with Crippen molar-refractivity contribution in [3.05, 3.63) is 86.7 Å². The Labute approximate surface area is 237 Å². The molecule has 0 radical (unpaired) electrons. The lowest BCUT2D eigenvalue weighted by atomic mass is 10.1. The molecule has 2 aliphatic rings. The summed E-state index contributed by atoms with van der Waals surface area (Å²) in [5, 5.41) is 37.6. The van der Waals surface area contributed by atoms with Crippen molar-refractivity contribution in [2.75, 3.05) is 5.01 Å². The van der Waals surface area contributed by atoms with Crippen molar-refractivity contribution in [2.45, 2.75) is 10.9 Å². The van der Waals surface area contributed by atoms with Crippen LogP contribution in [-0.2, 0) is 33.9 Å². The number of nitrogens with one attached hydrogen (secondary N) is 1. The summed E-state index contributed by atoms with van der Waals surface area (Å²) in [6.07, 6.45) is 6.67. The summed E-state index contributed by atoms with van der Waals surface area (Å²) in [5.41, 5.74) is -3.17. The summed E-state index contributed by atoms with van der Waals surface area (Å²) in [5.74, 6) is -4.76. The molecule has 1 atom stereocenters. The lowest BCUT2D eigenvalue weighted by Gasteiger charge is -2.14. The molecule has 0 saturated carbocycles. The number of nitrogens with zero attached hydrogens (tertiary/aromatic N) is 3. The molecular weight excluding hydrogens is 604 g/mol. The van der Waals surface area contributed by atoms with Crippen LogP contribution in [-0.4, -0.2) is 67.6 Å². The predicted octanol–water partition coefficient (Wildman–Crippen LogP) is 1.18. The number of aromatic carboxylic acids is 1. The van der Waals surface area contributed by atoms with E-state index in [1.165, 1.54) is 12.2 Å². The maximum Gasteiger partial charge on any atom is 0.357 e. The molecule has 2 aromatic rings. The lowest BCUT2D eigenvalue weighted by molar-refractivity contribution is -0.431. The highest BCUT2D eigenvalue weighted by Gasteiger charge is 2.35. The fourth-order valence-electron chi connectivity index (χ4n) is 3.75. The summed E-state index contributed by atoms with van der Waals surface area (Å²) in [4.78, 5) is 61.8. The standard InChI is InChI=1S/C23H16N4O13S2/c28-17-10-12(41-40-39-35)6-9-16(17)27-21(30)15(19(25-27)23(33)34)3-1-2-14-18(22(31)32)24-26(20(14)29)11-4-7-13(8-5-11)42(36,37)38/h1-10,16,25,35H,(H,31,32)(H,33,34)(H,36,37,38). The van der Waals surface area contributed by atoms with Gasteiger partial charge in [-0.25, -0.2) is 19.5 Å². The molecule has 42 heavy (non-hydrogen) atoms. The molecule has 0 saturated heterocycles. The SMILES string of the molecule is O=C(O)C1=NN(c2ccc(S(=O)(=O)O)cc2)C(=O)C1=CC=Cc1c(C(=O)O)[nH]n(C2C=CC(SOOO)=CC2=O)c1=O. The first-order chi connectivity index (χ1) is 19.8. The summed E-state index contributed by atoms with van der Waals surface area (Å²) < 4.78 is 36.6. The van der Waals surface area contributed by atoms with E-state index in [2.05, 4.69) is 19.6 Å². The molecule has 218 valence electrons. The minimum absolute atomic E-state index is 0.0310. The molecule has 0 spiro atoms. The molecule has 1 unspecified atom stereocenters. The quantitative estimate of drug-likeness (QED) is 0.0822. The Morgan fingerprint density at radius 1 is 1.10 bits per heavy atom. The Hall–Kier alpha value is -4.92. The van der Waals surface area contributed by atoms with E-state index in [1.807, 2.05) is 0 Å². The van der Waals surface area contributed by atoms with Crippen LogP contribution in [0.25, 0.3) is 6.08 Å². The number of aromatic nitrogens is 2. The van der Waals surface area contributed by atoms with E-state index in [0.717, 1.165) is 53.3 Å². The van der Waals surface area contributed by atoms with Crippen LogP contribution in [0, 0.1) is 0 Å². The Balaban J connectivity index is 1.64. The zero-order chi connectivity index (χ0) is 30.8. The van der Waals surface area contributed by atoms with Crippen LogP contribution in [0.15, 0.2) is 79.9 Å². The maximum atomic E-state index is 13.0. The number of carboxylic acid groups (broad SMARTS) is 2. The van der Waals surface area contributed by atoms with Gasteiger partial charge in [0.15, 0.2) is 17.2 Å². The topological polar surface area (TPSA) is 255 Å². The van der Waals surface area contributed by atoms with Crippen molar-refractivity contribution < 1.29 is 57.0 Å². The molecule has 1 amide bonds. The normalized spacial score (nSPS) is 18.2. The fourth-order valence-corrected chi connectivity index (χ4v) is 4.64. The van der Waals surface area contributed by atoms with Crippen LogP contribution < -0.4 is 10.6 Å². The van der Waals surface area contributed by atoms with Crippen molar-refractivity contribution in [2.24, 2.45) is 5.10 Å². The number of aliphatic carboxylic acids is 1. The van der Waals surface area contributed by atoms with Gasteiger partial charge >= 0.3 is 11.9 Å². The van der Waals surface area contributed by atoms with Gasteiger partial charge in [0.25, 0.3) is 21.6 Å². The van der Waals surface area contributed by atoms with Gasteiger partial charge in [-0.2, -0.15) is 18.5 Å². The van der Waals surface area contributed by atoms with Crippen LogP contribution in [0.5, 0.6) is 0 Å². The zero-order valence-corrected chi connectivity index (χ0v) is 22.1. The first kappa shape index (κ1) is 30.0. The van der Waals surface area contributed by atoms with Crippen molar-refractivity contribution >= 4 is 63.3 Å². The second kappa shape index (κ2) is 11.9. The molecule has 2 heterocycles. The fraction of sp³-hybridized carbons (Fsp3) is 0.0435. The Morgan fingerprint density at radius 2 is 1.79 bits per heavy atom. The maximum absolute atomic E-state index is 13.0. The number of carbonyl (C=O) groups excluding carboxylic acids is 2. The van der Waals surface area contributed by atoms with E-state index in [1.54, 1.807) is 0 Å². The van der Waals surface area contributed by atoms with Gasteiger partial charge in [0.2, 0.25) is 0 Å². The van der Waals surface area contributed by atoms with Gasteiger partial charge in [0.1, 0.15) is 6.04 Å². The molecule has 1 aromatic heterocycles. The summed E-state index contributed by atoms with van der Waals surface area (Å²) >= 11 is 0.497. The molecule has 4 rings (SSSR count). The van der Waals surface area contributed by atoms with Crippen molar-refractivity contribution in [3.63, 3.8) is 0 Å². The third-order valence-corrected chi connectivity index (χ3v) is 7.05. The molecule has 0 fully saturated rings. The number of rotatable bonds is 10. The van der Waals surface area contributed by atoms with Gasteiger partial charge in [0.05, 0.1) is 33.8 Å². The number of ketones is 1. The first-order valence-electron chi connectivity index (χ1n) is 11.1. The monoisotopic (exact) mass is 620 g/mol. The number of anilines is 1. The summed E-state index contributed by atoms with van der Waals surface area (Å²) in [6, 6.07) is 2.89. The number of H-pyrrole nitrogens is 1. The Morgan fingerprint density at radius 3 is 2.36 bits per heavy atom. The van der Waals surface area contributed by atoms with Crippen LogP contribution in [0.2, 0.25) is 0 Å². The highest BCUT2D eigenvalue weighted by Crippen LogP contribution is 2.27. The summed E-state index contributed by atoms with van der Waals surface area (Å²) in [6.45, 7) is 0. The second-order valence-electron chi connectivity index (χ2n) is 8.14. The molecule has 1 aliphatic carbocycles. The number of amides is 1. The molecule has 0 bridgehead atoms. The smallest absolute Gasteiger partial charge is 0.357 e. The van der Waals surface area contributed by atoms with Gasteiger partial charge in [-0.3, -0.25) is 24.0 Å². The number of carbonyl (C=O) groups is 4. The minimum atomic E-state index is -4.53. The average molecular weight is 621 g/mol. The van der Waals surface area contributed by atoms with Crippen molar-refractivity contribution in [1.29, 1.82) is 0 Å². The van der Waals surface area contributed by atoms with E-state index in [-0.39, 0.29) is 10.6 Å². The van der Waals surface area contributed by atoms with E-state index in [9.17, 15) is 42.6 Å². The van der Waals surface area contributed by atoms with Crippen molar-refractivity contribution in [3.8, 4) is 0 Å². The molecule has 1 aromatic carbocycles.